The summed E-state index contributed by atoms with van der Waals surface area (Å²) in [6.45, 7) is 4.69. The van der Waals surface area contributed by atoms with Crippen LogP contribution in [-0.4, -0.2) is 38.3 Å². The Balaban J connectivity index is 3.54. The van der Waals surface area contributed by atoms with Crippen molar-refractivity contribution in [3.63, 3.8) is 0 Å². The monoisotopic (exact) mass is 326 g/mol. The van der Waals surface area contributed by atoms with Crippen molar-refractivity contribution in [1.82, 2.24) is 0 Å². The van der Waals surface area contributed by atoms with Crippen molar-refractivity contribution in [2.75, 3.05) is 6.61 Å². The van der Waals surface area contributed by atoms with Crippen LogP contribution in [0, 0.1) is 0 Å². The molecule has 14 heavy (non-hydrogen) atoms. The Kier molecular flexibility index (Phi) is 8.23. The molecule has 0 amide bonds. The van der Waals surface area contributed by atoms with Crippen molar-refractivity contribution in [3.05, 3.63) is 0 Å². The van der Waals surface area contributed by atoms with Crippen LogP contribution in [0.25, 0.3) is 0 Å². The molecule has 84 valence electrons. The Morgan fingerprint density at radius 1 is 1.36 bits per heavy atom. The zero-order valence-corrected chi connectivity index (χ0v) is 13.3. The molecule has 0 saturated heterocycles. The summed E-state index contributed by atoms with van der Waals surface area (Å²) in [7, 11) is 0. The third kappa shape index (κ3) is 6.18. The number of rotatable bonds is 7. The minimum atomic E-state index is -0.490. The third-order valence-electron chi connectivity index (χ3n) is 2.12. The van der Waals surface area contributed by atoms with Gasteiger partial charge in [0.2, 0.25) is 0 Å². The number of hydrogen-bond acceptors (Lipinski definition) is 3. The minimum absolute atomic E-state index is 0.137. The molecule has 0 aliphatic carbocycles. The van der Waals surface area contributed by atoms with E-state index in [2.05, 4.69) is 19.6 Å². The van der Waals surface area contributed by atoms with Crippen LogP contribution in [0.3, 0.4) is 0 Å². The van der Waals surface area contributed by atoms with Gasteiger partial charge < -0.3 is 0 Å². The van der Waals surface area contributed by atoms with E-state index in [-0.39, 0.29) is 5.97 Å². The van der Waals surface area contributed by atoms with Gasteiger partial charge in [0.05, 0.1) is 0 Å². The van der Waals surface area contributed by atoms with Crippen LogP contribution >= 0.6 is 12.6 Å². The molecule has 0 aliphatic heterocycles. The zero-order valence-electron chi connectivity index (χ0n) is 9.08. The van der Waals surface area contributed by atoms with Crippen molar-refractivity contribution >= 4 is 41.6 Å². The first-order valence-corrected chi connectivity index (χ1v) is 7.32. The molecule has 0 heterocycles. The number of thiol groups is 1. The Morgan fingerprint density at radius 3 is 2.50 bits per heavy atom. The molecule has 0 rings (SSSR count). The predicted molar refractivity (Wildman–Crippen MR) is 65.7 cm³/mol. The van der Waals surface area contributed by atoms with Crippen LogP contribution in [0.15, 0.2) is 0 Å². The molecule has 0 aromatic heterocycles. The molecule has 0 radical (unpaired) electrons. The van der Waals surface area contributed by atoms with Crippen molar-refractivity contribution in [1.29, 1.82) is 0 Å². The fraction of sp³-hybridized carbons (Fsp3) is 0.900. The summed E-state index contributed by atoms with van der Waals surface area (Å²) >= 11 is 5.12. The summed E-state index contributed by atoms with van der Waals surface area (Å²) in [5.74, 6) is -0.137. The number of esters is 1. The van der Waals surface area contributed by atoms with Gasteiger partial charge in [-0.25, -0.2) is 0 Å². The molecule has 2 nitrogen and oxygen atoms in total. The van der Waals surface area contributed by atoms with E-state index < -0.39 is 2.69 Å². The zero-order chi connectivity index (χ0) is 11.0. The van der Waals surface area contributed by atoms with Crippen LogP contribution in [0.4, 0.5) is 0 Å². The average Bonchev–Trinajstić information content (AvgIpc) is 2.17. The van der Waals surface area contributed by atoms with Gasteiger partial charge in [-0.2, -0.15) is 0 Å². The summed E-state index contributed by atoms with van der Waals surface area (Å²) in [4.78, 5) is 11.5. The molecule has 0 fully saturated rings. The number of unbranched alkanes of at least 4 members (excludes halogenated alkanes) is 3. The van der Waals surface area contributed by atoms with Gasteiger partial charge in [0.25, 0.3) is 0 Å². The maximum atomic E-state index is 11.5. The second-order valence-corrected chi connectivity index (χ2v) is 8.47. The number of ether oxygens (including phenoxy) is 1. The first-order valence-electron chi connectivity index (χ1n) is 5.23. The van der Waals surface area contributed by atoms with Gasteiger partial charge in [-0.05, 0) is 0 Å². The SMILES string of the molecule is CCCCCCOC(=O)[C](S)([SbH2])CC. The van der Waals surface area contributed by atoms with Crippen molar-refractivity contribution < 1.29 is 9.53 Å². The molecule has 1 atom stereocenters. The van der Waals surface area contributed by atoms with Crippen LogP contribution in [0.5, 0.6) is 0 Å². The van der Waals surface area contributed by atoms with Crippen LogP contribution in [-0.2, 0) is 9.53 Å². The molecule has 0 aromatic rings. The van der Waals surface area contributed by atoms with E-state index in [4.69, 9.17) is 4.74 Å². The first kappa shape index (κ1) is 14.6. The molecule has 4 heteroatoms. The summed E-state index contributed by atoms with van der Waals surface area (Å²) in [5, 5.41) is 0. The standard InChI is InChI=1S/C10H19O2S.Sb.2H/c1-3-5-6-7-8-12-10(11)9(13)4-2;;;/h13H,3-8H2,1-2H3;;;. The van der Waals surface area contributed by atoms with E-state index in [1.165, 1.54) is 12.8 Å². The molecule has 0 saturated carbocycles. The van der Waals surface area contributed by atoms with Gasteiger partial charge in [-0.1, -0.05) is 0 Å². The fourth-order valence-corrected chi connectivity index (χ4v) is 1.27. The Bertz CT molecular complexity index is 172. The fourth-order valence-electron chi connectivity index (χ4n) is 0.963. The van der Waals surface area contributed by atoms with Gasteiger partial charge >= 0.3 is 106 Å². The molecule has 1 unspecified atom stereocenters. The van der Waals surface area contributed by atoms with Gasteiger partial charge in [0, 0.05) is 0 Å². The maximum absolute atomic E-state index is 11.5. The third-order valence-corrected chi connectivity index (χ3v) is 4.46. The van der Waals surface area contributed by atoms with E-state index in [0.717, 1.165) is 42.3 Å². The van der Waals surface area contributed by atoms with Crippen molar-refractivity contribution in [3.8, 4) is 0 Å². The summed E-state index contributed by atoms with van der Waals surface area (Å²) in [6, 6.07) is 0. The van der Waals surface area contributed by atoms with Crippen LogP contribution < -0.4 is 0 Å². The van der Waals surface area contributed by atoms with E-state index in [1.807, 2.05) is 6.92 Å². The molecular weight excluding hydrogens is 306 g/mol. The predicted octanol–water partition coefficient (Wildman–Crippen LogP) is 1.78. The molecular formula is C10H21O2SSb. The van der Waals surface area contributed by atoms with Gasteiger partial charge in [-0.3, -0.25) is 0 Å². The van der Waals surface area contributed by atoms with Crippen LogP contribution in [0.2, 0.25) is 0 Å². The number of carbonyl (C=O) groups excluding carboxylic acids is 1. The van der Waals surface area contributed by atoms with E-state index >= 15 is 0 Å². The first-order chi connectivity index (χ1) is 6.54. The normalized spacial score (nSPS) is 14.9. The van der Waals surface area contributed by atoms with Gasteiger partial charge in [0.1, 0.15) is 0 Å². The summed E-state index contributed by atoms with van der Waals surface area (Å²) in [5.41, 5.74) is 0. The van der Waals surface area contributed by atoms with E-state index in [9.17, 15) is 4.79 Å². The van der Waals surface area contributed by atoms with Crippen LogP contribution in [0.1, 0.15) is 46.0 Å². The quantitative estimate of drug-likeness (QED) is 0.334. The topological polar surface area (TPSA) is 26.3 Å². The summed E-state index contributed by atoms with van der Waals surface area (Å²) < 4.78 is 4.67. The molecule has 0 bridgehead atoms. The van der Waals surface area contributed by atoms with E-state index in [0.29, 0.717) is 6.61 Å². The van der Waals surface area contributed by atoms with Crippen molar-refractivity contribution in [2.24, 2.45) is 0 Å². The van der Waals surface area contributed by atoms with E-state index in [1.54, 1.807) is 0 Å². The molecule has 0 spiro atoms. The number of hydrogen-bond donors (Lipinski definition) is 1. The Labute approximate surface area is 106 Å². The summed E-state index contributed by atoms with van der Waals surface area (Å²) in [6.07, 6.45) is 5.31. The number of carbonyl (C=O) groups is 1. The van der Waals surface area contributed by atoms with Gasteiger partial charge in [0.15, 0.2) is 0 Å². The molecule has 0 aromatic carbocycles. The molecule has 0 aliphatic rings. The Hall–Kier alpha value is 0.638. The average molecular weight is 327 g/mol. The second kappa shape index (κ2) is 7.87. The van der Waals surface area contributed by atoms with Crippen molar-refractivity contribution in [2.45, 2.75) is 48.6 Å². The Morgan fingerprint density at radius 2 is 2.00 bits per heavy atom. The van der Waals surface area contributed by atoms with Gasteiger partial charge in [-0.15, -0.1) is 0 Å². The molecule has 0 N–H and O–H groups in total. The second-order valence-electron chi connectivity index (χ2n) is 3.47.